The molecule has 0 saturated carbocycles. The van der Waals surface area contributed by atoms with Gasteiger partial charge in [-0.25, -0.2) is 0 Å². The highest BCUT2D eigenvalue weighted by Crippen LogP contribution is 2.28. The highest BCUT2D eigenvalue weighted by Gasteiger charge is 2.20. The summed E-state index contributed by atoms with van der Waals surface area (Å²) in [6, 6.07) is 4.85. The number of benzene rings is 1. The van der Waals surface area contributed by atoms with Gasteiger partial charge >= 0.3 is 5.69 Å². The Morgan fingerprint density at radius 3 is 2.60 bits per heavy atom. The van der Waals surface area contributed by atoms with Gasteiger partial charge in [-0.1, -0.05) is 19.9 Å². The summed E-state index contributed by atoms with van der Waals surface area (Å²) in [7, 11) is 0. The highest BCUT2D eigenvalue weighted by molar-refractivity contribution is 5.78. The molecule has 0 spiro atoms. The zero-order valence-corrected chi connectivity index (χ0v) is 11.8. The number of nitro groups is 1. The highest BCUT2D eigenvalue weighted by atomic mass is 16.6. The third-order valence-corrected chi connectivity index (χ3v) is 2.64. The number of nitro benzene ring substituents is 1. The van der Waals surface area contributed by atoms with Gasteiger partial charge in [0.05, 0.1) is 4.92 Å². The van der Waals surface area contributed by atoms with E-state index in [-0.39, 0.29) is 11.4 Å². The molecule has 110 valence electrons. The Morgan fingerprint density at radius 2 is 2.10 bits per heavy atom. The number of primary amides is 1. The zero-order chi connectivity index (χ0) is 15.3. The molecule has 0 heterocycles. The Bertz CT molecular complexity index is 502. The quantitative estimate of drug-likeness (QED) is 0.579. The molecule has 0 aliphatic heterocycles. The van der Waals surface area contributed by atoms with E-state index in [1.807, 2.05) is 13.8 Å². The Labute approximate surface area is 117 Å². The van der Waals surface area contributed by atoms with Crippen LogP contribution in [0.4, 0.5) is 5.69 Å². The van der Waals surface area contributed by atoms with Crippen LogP contribution < -0.4 is 15.8 Å². The molecule has 1 aromatic carbocycles. The third-order valence-electron chi connectivity index (χ3n) is 2.64. The van der Waals surface area contributed by atoms with E-state index in [0.717, 1.165) is 5.56 Å². The molecule has 3 N–H and O–H groups in total. The van der Waals surface area contributed by atoms with Crippen LogP contribution >= 0.6 is 0 Å². The Kier molecular flexibility index (Phi) is 5.45. The monoisotopic (exact) mass is 281 g/mol. The summed E-state index contributed by atoms with van der Waals surface area (Å²) in [5.74, 6) is -0.630. The van der Waals surface area contributed by atoms with Crippen molar-refractivity contribution in [3.8, 4) is 5.75 Å². The topological polar surface area (TPSA) is 107 Å². The van der Waals surface area contributed by atoms with Crippen LogP contribution in [-0.4, -0.2) is 23.0 Å². The molecule has 7 heteroatoms. The minimum Gasteiger partial charge on any atom is -0.474 e. The summed E-state index contributed by atoms with van der Waals surface area (Å²) in [4.78, 5) is 21.4. The van der Waals surface area contributed by atoms with Crippen LogP contribution in [0.3, 0.4) is 0 Å². The first-order valence-electron chi connectivity index (χ1n) is 6.28. The number of amides is 1. The Balaban J connectivity index is 2.99. The zero-order valence-electron chi connectivity index (χ0n) is 11.8. The van der Waals surface area contributed by atoms with E-state index in [0.29, 0.717) is 12.6 Å². The number of ether oxygens (including phenoxy) is 1. The normalized spacial score (nSPS) is 12.2. The molecule has 0 aliphatic carbocycles. The first kappa shape index (κ1) is 15.9. The number of rotatable bonds is 7. The molecule has 1 aromatic rings. The van der Waals surface area contributed by atoms with Crippen molar-refractivity contribution in [3.05, 3.63) is 33.9 Å². The first-order chi connectivity index (χ1) is 9.31. The molecular weight excluding hydrogens is 262 g/mol. The van der Waals surface area contributed by atoms with Crippen molar-refractivity contribution in [2.45, 2.75) is 39.5 Å². The summed E-state index contributed by atoms with van der Waals surface area (Å²) in [6.45, 7) is 6.00. The van der Waals surface area contributed by atoms with Gasteiger partial charge in [-0.2, -0.15) is 0 Å². The summed E-state index contributed by atoms with van der Waals surface area (Å²) < 4.78 is 5.27. The number of hydrogen-bond acceptors (Lipinski definition) is 5. The molecule has 1 unspecified atom stereocenters. The molecule has 0 fully saturated rings. The number of carbonyl (C=O) groups excluding carboxylic acids is 1. The maximum atomic E-state index is 11.0. The standard InChI is InChI=1S/C13H19N3O4/c1-8(2)15-7-10-4-5-11(16(18)19)12(6-10)20-9(3)13(14)17/h4-6,8-9,15H,7H2,1-3H3,(H2,14,17). The number of nitrogens with one attached hydrogen (secondary N) is 1. The second-order valence-corrected chi connectivity index (χ2v) is 4.76. The minimum absolute atomic E-state index is 0.0457. The predicted molar refractivity (Wildman–Crippen MR) is 74.4 cm³/mol. The largest absolute Gasteiger partial charge is 0.474 e. The van der Waals surface area contributed by atoms with Crippen molar-refractivity contribution in [2.75, 3.05) is 0 Å². The summed E-state index contributed by atoms with van der Waals surface area (Å²) >= 11 is 0. The fourth-order valence-corrected chi connectivity index (χ4v) is 1.48. The second kappa shape index (κ2) is 6.85. The van der Waals surface area contributed by atoms with E-state index < -0.39 is 16.9 Å². The van der Waals surface area contributed by atoms with Crippen LogP contribution in [0, 0.1) is 10.1 Å². The third kappa shape index (κ3) is 4.51. The van der Waals surface area contributed by atoms with Crippen LogP contribution in [0.5, 0.6) is 5.75 Å². The second-order valence-electron chi connectivity index (χ2n) is 4.76. The van der Waals surface area contributed by atoms with Crippen LogP contribution in [-0.2, 0) is 11.3 Å². The Hall–Kier alpha value is -2.15. The van der Waals surface area contributed by atoms with Crippen LogP contribution in [0.25, 0.3) is 0 Å². The van der Waals surface area contributed by atoms with Crippen molar-refractivity contribution < 1.29 is 14.5 Å². The van der Waals surface area contributed by atoms with Crippen molar-refractivity contribution in [1.82, 2.24) is 5.32 Å². The molecule has 1 amide bonds. The van der Waals surface area contributed by atoms with E-state index in [4.69, 9.17) is 10.5 Å². The number of nitrogens with two attached hydrogens (primary N) is 1. The van der Waals surface area contributed by atoms with E-state index >= 15 is 0 Å². The van der Waals surface area contributed by atoms with E-state index in [1.54, 1.807) is 12.1 Å². The molecule has 20 heavy (non-hydrogen) atoms. The maximum absolute atomic E-state index is 11.0. The minimum atomic E-state index is -0.929. The average molecular weight is 281 g/mol. The number of nitrogens with zero attached hydrogens (tertiary/aromatic N) is 1. The molecule has 0 aliphatic rings. The molecule has 0 radical (unpaired) electrons. The fourth-order valence-electron chi connectivity index (χ4n) is 1.48. The van der Waals surface area contributed by atoms with Gasteiger partial charge in [0.1, 0.15) is 0 Å². The lowest BCUT2D eigenvalue weighted by molar-refractivity contribution is -0.386. The van der Waals surface area contributed by atoms with Crippen molar-refractivity contribution >= 4 is 11.6 Å². The van der Waals surface area contributed by atoms with E-state index in [2.05, 4.69) is 5.32 Å². The van der Waals surface area contributed by atoms with Crippen molar-refractivity contribution in [3.63, 3.8) is 0 Å². The van der Waals surface area contributed by atoms with Crippen LogP contribution in [0.1, 0.15) is 26.3 Å². The van der Waals surface area contributed by atoms with Gasteiger partial charge in [0.25, 0.3) is 5.91 Å². The lowest BCUT2D eigenvalue weighted by Gasteiger charge is -2.13. The van der Waals surface area contributed by atoms with Crippen molar-refractivity contribution in [2.24, 2.45) is 5.73 Å². The molecule has 0 aromatic heterocycles. The average Bonchev–Trinajstić information content (AvgIpc) is 2.35. The van der Waals surface area contributed by atoms with E-state index in [9.17, 15) is 14.9 Å². The summed E-state index contributed by atoms with van der Waals surface area (Å²) in [5.41, 5.74) is 5.74. The SMILES string of the molecule is CC(C)NCc1ccc([N+](=O)[O-])c(OC(C)C(N)=O)c1. The molecule has 1 rings (SSSR count). The number of hydrogen-bond donors (Lipinski definition) is 2. The predicted octanol–water partition coefficient (Wildman–Crippen LogP) is 1.35. The Morgan fingerprint density at radius 1 is 1.45 bits per heavy atom. The first-order valence-corrected chi connectivity index (χ1v) is 6.28. The molecular formula is C13H19N3O4. The summed E-state index contributed by atoms with van der Waals surface area (Å²) in [5, 5.41) is 14.1. The van der Waals surface area contributed by atoms with E-state index in [1.165, 1.54) is 13.0 Å². The van der Waals surface area contributed by atoms with Gasteiger partial charge in [-0.3, -0.25) is 14.9 Å². The summed E-state index contributed by atoms with van der Waals surface area (Å²) in [6.07, 6.45) is -0.929. The van der Waals surface area contributed by atoms with Gasteiger partial charge in [-0.05, 0) is 18.6 Å². The molecule has 1 atom stereocenters. The van der Waals surface area contributed by atoms with Crippen LogP contribution in [0.2, 0.25) is 0 Å². The van der Waals surface area contributed by atoms with Gasteiger partial charge in [0, 0.05) is 18.7 Å². The van der Waals surface area contributed by atoms with Gasteiger partial charge < -0.3 is 15.8 Å². The number of carbonyl (C=O) groups is 1. The molecule has 7 nitrogen and oxygen atoms in total. The van der Waals surface area contributed by atoms with Gasteiger partial charge in [0.15, 0.2) is 11.9 Å². The molecule has 0 saturated heterocycles. The van der Waals surface area contributed by atoms with Crippen LogP contribution in [0.15, 0.2) is 18.2 Å². The maximum Gasteiger partial charge on any atom is 0.310 e. The fraction of sp³-hybridized carbons (Fsp3) is 0.462. The van der Waals surface area contributed by atoms with Crippen molar-refractivity contribution in [1.29, 1.82) is 0 Å². The lowest BCUT2D eigenvalue weighted by Crippen LogP contribution is -2.31. The van der Waals surface area contributed by atoms with Gasteiger partial charge in [0.2, 0.25) is 0 Å². The smallest absolute Gasteiger partial charge is 0.310 e. The van der Waals surface area contributed by atoms with Gasteiger partial charge in [-0.15, -0.1) is 0 Å². The lowest BCUT2D eigenvalue weighted by atomic mass is 10.1. The molecule has 0 bridgehead atoms.